The highest BCUT2D eigenvalue weighted by Crippen LogP contribution is 2.11. The summed E-state index contributed by atoms with van der Waals surface area (Å²) in [6.07, 6.45) is 0.692. The van der Waals surface area contributed by atoms with Gasteiger partial charge in [0.25, 0.3) is 0 Å². The predicted molar refractivity (Wildman–Crippen MR) is 51.0 cm³/mol. The summed E-state index contributed by atoms with van der Waals surface area (Å²) in [5.74, 6) is 0. The highest BCUT2D eigenvalue weighted by Gasteiger charge is 2.28. The molecule has 0 aromatic rings. The second kappa shape index (κ2) is 4.73. The zero-order valence-electron chi connectivity index (χ0n) is 8.14. The summed E-state index contributed by atoms with van der Waals surface area (Å²) in [6.45, 7) is 3.22. The van der Waals surface area contributed by atoms with Crippen molar-refractivity contribution in [1.29, 1.82) is 5.26 Å². The molecule has 6 heteroatoms. The Morgan fingerprint density at radius 1 is 1.43 bits per heavy atom. The quantitative estimate of drug-likeness (QED) is 0.651. The molecule has 1 saturated heterocycles. The molecule has 1 unspecified atom stereocenters. The SMILES string of the molecule is CC(C#N)S(=O)(=O)N1CCCOCC1. The van der Waals surface area contributed by atoms with Gasteiger partial charge in [0.1, 0.15) is 0 Å². The van der Waals surface area contributed by atoms with Crippen LogP contribution in [-0.4, -0.2) is 44.3 Å². The maximum Gasteiger partial charge on any atom is 0.230 e. The molecule has 0 spiro atoms. The van der Waals surface area contributed by atoms with E-state index in [1.807, 2.05) is 0 Å². The average molecular weight is 218 g/mol. The first-order valence-corrected chi connectivity index (χ1v) is 6.05. The average Bonchev–Trinajstić information content (AvgIpc) is 2.44. The van der Waals surface area contributed by atoms with Gasteiger partial charge in [0, 0.05) is 19.7 Å². The molecule has 1 atom stereocenters. The molecule has 0 N–H and O–H groups in total. The Morgan fingerprint density at radius 3 is 2.79 bits per heavy atom. The van der Waals surface area contributed by atoms with Crippen molar-refractivity contribution in [2.75, 3.05) is 26.3 Å². The van der Waals surface area contributed by atoms with E-state index in [1.54, 1.807) is 6.07 Å². The maximum absolute atomic E-state index is 11.7. The standard InChI is InChI=1S/C8H14N2O3S/c1-8(7-9)14(11,12)10-3-2-5-13-6-4-10/h8H,2-6H2,1H3. The number of ether oxygens (including phenoxy) is 1. The fraction of sp³-hybridized carbons (Fsp3) is 0.875. The molecule has 0 aliphatic carbocycles. The van der Waals surface area contributed by atoms with Crippen molar-refractivity contribution in [2.24, 2.45) is 0 Å². The monoisotopic (exact) mass is 218 g/mol. The van der Waals surface area contributed by atoms with Crippen LogP contribution in [0.5, 0.6) is 0 Å². The number of hydrogen-bond donors (Lipinski definition) is 0. The Hall–Kier alpha value is -0.640. The van der Waals surface area contributed by atoms with Gasteiger partial charge >= 0.3 is 0 Å². The zero-order valence-corrected chi connectivity index (χ0v) is 8.96. The van der Waals surface area contributed by atoms with Crippen molar-refractivity contribution in [1.82, 2.24) is 4.31 Å². The summed E-state index contributed by atoms with van der Waals surface area (Å²) in [7, 11) is -3.44. The van der Waals surface area contributed by atoms with E-state index in [1.165, 1.54) is 11.2 Å². The third-order valence-corrected chi connectivity index (χ3v) is 4.25. The Morgan fingerprint density at radius 2 is 2.14 bits per heavy atom. The first-order chi connectivity index (χ1) is 6.59. The van der Waals surface area contributed by atoms with Gasteiger partial charge in [-0.15, -0.1) is 0 Å². The van der Waals surface area contributed by atoms with Crippen LogP contribution in [-0.2, 0) is 14.8 Å². The van der Waals surface area contributed by atoms with E-state index in [-0.39, 0.29) is 0 Å². The van der Waals surface area contributed by atoms with Crippen molar-refractivity contribution >= 4 is 10.0 Å². The maximum atomic E-state index is 11.7. The minimum Gasteiger partial charge on any atom is -0.380 e. The van der Waals surface area contributed by atoms with Crippen LogP contribution in [0.2, 0.25) is 0 Å². The molecular formula is C8H14N2O3S. The van der Waals surface area contributed by atoms with Gasteiger partial charge in [-0.2, -0.15) is 9.57 Å². The lowest BCUT2D eigenvalue weighted by molar-refractivity contribution is 0.148. The topological polar surface area (TPSA) is 70.4 Å². The van der Waals surface area contributed by atoms with Crippen LogP contribution < -0.4 is 0 Å². The van der Waals surface area contributed by atoms with E-state index in [0.717, 1.165) is 0 Å². The summed E-state index contributed by atoms with van der Waals surface area (Å²) >= 11 is 0. The minimum absolute atomic E-state index is 0.356. The molecule has 0 radical (unpaired) electrons. The predicted octanol–water partition coefficient (Wildman–Crippen LogP) is -0.0494. The van der Waals surface area contributed by atoms with Gasteiger partial charge in [0.2, 0.25) is 10.0 Å². The molecule has 5 nitrogen and oxygen atoms in total. The lowest BCUT2D eigenvalue weighted by Crippen LogP contribution is -2.38. The molecular weight excluding hydrogens is 204 g/mol. The molecule has 0 amide bonds. The Labute approximate surface area is 84.3 Å². The lowest BCUT2D eigenvalue weighted by atomic mass is 10.5. The summed E-state index contributed by atoms with van der Waals surface area (Å²) in [5, 5.41) is 7.61. The van der Waals surface area contributed by atoms with E-state index >= 15 is 0 Å². The summed E-state index contributed by atoms with van der Waals surface area (Å²) in [5.41, 5.74) is 0. The fourth-order valence-electron chi connectivity index (χ4n) is 1.27. The van der Waals surface area contributed by atoms with Crippen molar-refractivity contribution in [3.05, 3.63) is 0 Å². The molecule has 1 rings (SSSR count). The zero-order chi connectivity index (χ0) is 10.6. The molecule has 1 aliphatic heterocycles. The Kier molecular flexibility index (Phi) is 3.86. The molecule has 1 aliphatic rings. The lowest BCUT2D eigenvalue weighted by Gasteiger charge is -2.20. The smallest absolute Gasteiger partial charge is 0.230 e. The van der Waals surface area contributed by atoms with Gasteiger partial charge in [0.15, 0.2) is 5.25 Å². The molecule has 1 heterocycles. The van der Waals surface area contributed by atoms with Gasteiger partial charge in [-0.3, -0.25) is 0 Å². The summed E-state index contributed by atoms with van der Waals surface area (Å²) in [6, 6.07) is 1.75. The van der Waals surface area contributed by atoms with Crippen LogP contribution in [0.3, 0.4) is 0 Å². The van der Waals surface area contributed by atoms with Crippen LogP contribution >= 0.6 is 0 Å². The molecule has 1 fully saturated rings. The summed E-state index contributed by atoms with van der Waals surface area (Å²) < 4.78 is 29.9. The third-order valence-electron chi connectivity index (χ3n) is 2.17. The van der Waals surface area contributed by atoms with E-state index in [0.29, 0.717) is 32.7 Å². The normalized spacial score (nSPS) is 22.3. The van der Waals surface area contributed by atoms with Gasteiger partial charge < -0.3 is 4.74 Å². The van der Waals surface area contributed by atoms with Crippen molar-refractivity contribution in [2.45, 2.75) is 18.6 Å². The highest BCUT2D eigenvalue weighted by atomic mass is 32.2. The number of hydrogen-bond acceptors (Lipinski definition) is 4. The van der Waals surface area contributed by atoms with Crippen molar-refractivity contribution < 1.29 is 13.2 Å². The highest BCUT2D eigenvalue weighted by molar-refractivity contribution is 7.89. The van der Waals surface area contributed by atoms with Crippen LogP contribution in [0.25, 0.3) is 0 Å². The number of sulfonamides is 1. The van der Waals surface area contributed by atoms with Crippen LogP contribution in [0.15, 0.2) is 0 Å². The van der Waals surface area contributed by atoms with Gasteiger partial charge in [0.05, 0.1) is 12.7 Å². The van der Waals surface area contributed by atoms with E-state index in [4.69, 9.17) is 10.00 Å². The molecule has 0 bridgehead atoms. The Bertz CT molecular complexity index is 312. The minimum atomic E-state index is -3.44. The molecule has 80 valence electrons. The number of nitriles is 1. The van der Waals surface area contributed by atoms with Crippen molar-refractivity contribution in [3.63, 3.8) is 0 Å². The number of nitrogens with zero attached hydrogens (tertiary/aromatic N) is 2. The van der Waals surface area contributed by atoms with Crippen LogP contribution in [0, 0.1) is 11.3 Å². The fourth-order valence-corrected chi connectivity index (χ4v) is 2.56. The molecule has 0 aromatic carbocycles. The molecule has 0 saturated carbocycles. The molecule has 0 aromatic heterocycles. The van der Waals surface area contributed by atoms with Gasteiger partial charge in [-0.25, -0.2) is 8.42 Å². The first kappa shape index (κ1) is 11.4. The van der Waals surface area contributed by atoms with Gasteiger partial charge in [-0.1, -0.05) is 0 Å². The van der Waals surface area contributed by atoms with Crippen LogP contribution in [0.4, 0.5) is 0 Å². The largest absolute Gasteiger partial charge is 0.380 e. The second-order valence-electron chi connectivity index (χ2n) is 3.18. The second-order valence-corrected chi connectivity index (χ2v) is 5.43. The van der Waals surface area contributed by atoms with Crippen LogP contribution in [0.1, 0.15) is 13.3 Å². The van der Waals surface area contributed by atoms with Gasteiger partial charge in [-0.05, 0) is 13.3 Å². The van der Waals surface area contributed by atoms with E-state index in [9.17, 15) is 8.42 Å². The molecule has 14 heavy (non-hydrogen) atoms. The van der Waals surface area contributed by atoms with E-state index < -0.39 is 15.3 Å². The third kappa shape index (κ3) is 2.44. The number of rotatable bonds is 2. The van der Waals surface area contributed by atoms with E-state index in [2.05, 4.69) is 0 Å². The first-order valence-electron chi connectivity index (χ1n) is 4.55. The summed E-state index contributed by atoms with van der Waals surface area (Å²) in [4.78, 5) is 0. The Balaban J connectivity index is 2.76. The van der Waals surface area contributed by atoms with Crippen molar-refractivity contribution in [3.8, 4) is 6.07 Å².